The van der Waals surface area contributed by atoms with Crippen LogP contribution in [0.5, 0.6) is 11.5 Å². The van der Waals surface area contributed by atoms with Crippen LogP contribution in [0.4, 0.5) is 0 Å². The van der Waals surface area contributed by atoms with Gasteiger partial charge >= 0.3 is 0 Å². The third kappa shape index (κ3) is 1.88. The molecule has 1 aromatic rings. The smallest absolute Gasteiger partial charge is 0.231 e. The van der Waals surface area contributed by atoms with Crippen LogP contribution < -0.4 is 15.2 Å². The van der Waals surface area contributed by atoms with E-state index >= 15 is 0 Å². The average Bonchev–Trinajstić information content (AvgIpc) is 2.65. The van der Waals surface area contributed by atoms with Gasteiger partial charge < -0.3 is 15.2 Å². The quantitative estimate of drug-likeness (QED) is 0.792. The van der Waals surface area contributed by atoms with Crippen LogP contribution >= 0.6 is 0 Å². The van der Waals surface area contributed by atoms with Crippen molar-refractivity contribution in [2.45, 2.75) is 6.42 Å². The van der Waals surface area contributed by atoms with Crippen LogP contribution in [0.15, 0.2) is 24.3 Å². The number of hydrogen-bond acceptors (Lipinski definition) is 3. The molecule has 0 saturated carbocycles. The van der Waals surface area contributed by atoms with Gasteiger partial charge in [-0.25, -0.2) is 0 Å². The van der Waals surface area contributed by atoms with Crippen LogP contribution in [-0.4, -0.2) is 13.3 Å². The Kier molecular flexibility index (Phi) is 2.70. The summed E-state index contributed by atoms with van der Waals surface area (Å²) in [5, 5.41) is 0. The lowest BCUT2D eigenvalue weighted by molar-refractivity contribution is 0.174. The van der Waals surface area contributed by atoms with Gasteiger partial charge in [0.05, 0.1) is 0 Å². The highest BCUT2D eigenvalue weighted by Gasteiger charge is 2.11. The Morgan fingerprint density at radius 2 is 2.14 bits per heavy atom. The van der Waals surface area contributed by atoms with Gasteiger partial charge in [0.2, 0.25) is 6.79 Å². The second kappa shape index (κ2) is 4.15. The van der Waals surface area contributed by atoms with Crippen molar-refractivity contribution >= 4 is 6.08 Å². The van der Waals surface area contributed by atoms with Gasteiger partial charge in [-0.05, 0) is 30.7 Å². The number of rotatable bonds is 3. The second-order valence-corrected chi connectivity index (χ2v) is 3.09. The van der Waals surface area contributed by atoms with Crippen molar-refractivity contribution in [2.24, 2.45) is 5.73 Å². The topological polar surface area (TPSA) is 44.5 Å². The van der Waals surface area contributed by atoms with Crippen molar-refractivity contribution in [3.63, 3.8) is 0 Å². The van der Waals surface area contributed by atoms with E-state index in [-0.39, 0.29) is 0 Å². The van der Waals surface area contributed by atoms with Gasteiger partial charge in [0.1, 0.15) is 0 Å². The SMILES string of the molecule is NCCC=Cc1ccc2c(c1)OCO2. The summed E-state index contributed by atoms with van der Waals surface area (Å²) >= 11 is 0. The zero-order valence-corrected chi connectivity index (χ0v) is 7.90. The largest absolute Gasteiger partial charge is 0.454 e. The van der Waals surface area contributed by atoms with E-state index in [1.165, 1.54) is 0 Å². The van der Waals surface area contributed by atoms with E-state index in [4.69, 9.17) is 15.2 Å². The van der Waals surface area contributed by atoms with E-state index in [9.17, 15) is 0 Å². The molecule has 0 atom stereocenters. The Morgan fingerprint density at radius 3 is 3.00 bits per heavy atom. The van der Waals surface area contributed by atoms with Gasteiger partial charge in [0.15, 0.2) is 11.5 Å². The molecule has 0 radical (unpaired) electrons. The summed E-state index contributed by atoms with van der Waals surface area (Å²) in [7, 11) is 0. The lowest BCUT2D eigenvalue weighted by Gasteiger charge is -1.97. The van der Waals surface area contributed by atoms with Gasteiger partial charge in [0.25, 0.3) is 0 Å². The third-order valence-corrected chi connectivity index (χ3v) is 2.04. The first-order chi connectivity index (χ1) is 6.90. The second-order valence-electron chi connectivity index (χ2n) is 3.09. The van der Waals surface area contributed by atoms with Crippen LogP contribution in [0, 0.1) is 0 Å². The summed E-state index contributed by atoms with van der Waals surface area (Å²) in [6, 6.07) is 5.89. The maximum Gasteiger partial charge on any atom is 0.231 e. The van der Waals surface area contributed by atoms with Crippen LogP contribution in [0.1, 0.15) is 12.0 Å². The van der Waals surface area contributed by atoms with Gasteiger partial charge in [-0.3, -0.25) is 0 Å². The normalized spacial score (nSPS) is 13.8. The van der Waals surface area contributed by atoms with Gasteiger partial charge in [-0.2, -0.15) is 0 Å². The molecule has 3 nitrogen and oxygen atoms in total. The molecule has 2 rings (SSSR count). The molecule has 0 aliphatic carbocycles. The minimum absolute atomic E-state index is 0.325. The van der Waals surface area contributed by atoms with Crippen molar-refractivity contribution in [3.05, 3.63) is 29.8 Å². The molecule has 1 aliphatic rings. The lowest BCUT2D eigenvalue weighted by Crippen LogP contribution is -1.94. The molecule has 0 spiro atoms. The summed E-state index contributed by atoms with van der Waals surface area (Å²) in [5.74, 6) is 1.64. The zero-order valence-electron chi connectivity index (χ0n) is 7.90. The fourth-order valence-corrected chi connectivity index (χ4v) is 1.33. The number of hydrogen-bond donors (Lipinski definition) is 1. The Hall–Kier alpha value is -1.48. The molecule has 1 aromatic carbocycles. The molecule has 0 fully saturated rings. The molecule has 0 unspecified atom stereocenters. The van der Waals surface area contributed by atoms with Gasteiger partial charge in [-0.1, -0.05) is 18.2 Å². The van der Waals surface area contributed by atoms with E-state index in [1.54, 1.807) is 0 Å². The minimum atomic E-state index is 0.325. The first-order valence-corrected chi connectivity index (χ1v) is 4.66. The van der Waals surface area contributed by atoms with Crippen molar-refractivity contribution in [1.29, 1.82) is 0 Å². The van der Waals surface area contributed by atoms with Gasteiger partial charge in [0, 0.05) is 0 Å². The summed E-state index contributed by atoms with van der Waals surface area (Å²) in [6.45, 7) is 1.01. The zero-order chi connectivity index (χ0) is 9.80. The predicted octanol–water partition coefficient (Wildman–Crippen LogP) is 1.78. The molecule has 74 valence electrons. The molecular weight excluding hydrogens is 178 g/mol. The minimum Gasteiger partial charge on any atom is -0.454 e. The molecule has 3 heteroatoms. The highest BCUT2D eigenvalue weighted by Crippen LogP contribution is 2.32. The highest BCUT2D eigenvalue weighted by atomic mass is 16.7. The fourth-order valence-electron chi connectivity index (χ4n) is 1.33. The molecule has 1 heterocycles. The monoisotopic (exact) mass is 191 g/mol. The van der Waals surface area contributed by atoms with Crippen LogP contribution in [0.25, 0.3) is 6.08 Å². The summed E-state index contributed by atoms with van der Waals surface area (Å²) < 4.78 is 10.5. The van der Waals surface area contributed by atoms with Crippen LogP contribution in [-0.2, 0) is 0 Å². The first-order valence-electron chi connectivity index (χ1n) is 4.66. The maximum atomic E-state index is 5.39. The number of nitrogens with two attached hydrogens (primary N) is 1. The van der Waals surface area contributed by atoms with E-state index in [1.807, 2.05) is 24.3 Å². The van der Waals surface area contributed by atoms with E-state index in [0.717, 1.165) is 23.5 Å². The summed E-state index contributed by atoms with van der Waals surface area (Å²) in [5.41, 5.74) is 6.50. The van der Waals surface area contributed by atoms with Gasteiger partial charge in [-0.15, -0.1) is 0 Å². The van der Waals surface area contributed by atoms with Crippen molar-refractivity contribution in [3.8, 4) is 11.5 Å². The molecule has 0 aromatic heterocycles. The number of fused-ring (bicyclic) bond motifs is 1. The van der Waals surface area contributed by atoms with Crippen LogP contribution in [0.3, 0.4) is 0 Å². The molecule has 0 saturated heterocycles. The molecular formula is C11H13NO2. The average molecular weight is 191 g/mol. The highest BCUT2D eigenvalue weighted by molar-refractivity contribution is 5.56. The first kappa shape index (κ1) is 9.09. The molecule has 14 heavy (non-hydrogen) atoms. The Bertz CT molecular complexity index is 347. The Balaban J connectivity index is 2.12. The van der Waals surface area contributed by atoms with E-state index in [0.29, 0.717) is 13.3 Å². The standard InChI is InChI=1S/C11H13NO2/c12-6-2-1-3-9-4-5-10-11(7-9)14-8-13-10/h1,3-5,7H,2,6,8,12H2. The molecule has 1 aliphatic heterocycles. The van der Waals surface area contributed by atoms with Crippen LogP contribution in [0.2, 0.25) is 0 Å². The maximum absolute atomic E-state index is 5.39. The number of benzene rings is 1. The van der Waals surface area contributed by atoms with Crippen molar-refractivity contribution in [1.82, 2.24) is 0 Å². The van der Waals surface area contributed by atoms with E-state index < -0.39 is 0 Å². The summed E-state index contributed by atoms with van der Waals surface area (Å²) in [4.78, 5) is 0. The van der Waals surface area contributed by atoms with Crippen molar-refractivity contribution in [2.75, 3.05) is 13.3 Å². The Labute approximate surface area is 83.1 Å². The third-order valence-electron chi connectivity index (χ3n) is 2.04. The fraction of sp³-hybridized carbons (Fsp3) is 0.273. The Morgan fingerprint density at radius 1 is 1.29 bits per heavy atom. The lowest BCUT2D eigenvalue weighted by atomic mass is 10.2. The van der Waals surface area contributed by atoms with E-state index in [2.05, 4.69) is 6.08 Å². The summed E-state index contributed by atoms with van der Waals surface area (Å²) in [6.07, 6.45) is 4.99. The molecule has 0 bridgehead atoms. The number of ether oxygens (including phenoxy) is 2. The molecule has 0 amide bonds. The predicted molar refractivity (Wildman–Crippen MR) is 55.3 cm³/mol. The molecule has 2 N–H and O–H groups in total. The van der Waals surface area contributed by atoms with Crippen molar-refractivity contribution < 1.29 is 9.47 Å².